The standard InChI is InChI=1S/C16H24N2O3/c1-20-9-10-21-8-4-7-18-16(19)15-12-17-11-13-5-2-3-6-14(13)15/h2-3,5-6,15,17H,4,7-12H2,1H3,(H,18,19). The number of rotatable bonds is 8. The molecule has 0 spiro atoms. The summed E-state index contributed by atoms with van der Waals surface area (Å²) in [5, 5.41) is 6.29. The first-order chi connectivity index (χ1) is 10.3. The minimum atomic E-state index is -0.0932. The summed E-state index contributed by atoms with van der Waals surface area (Å²) >= 11 is 0. The maximum absolute atomic E-state index is 12.3. The summed E-state index contributed by atoms with van der Waals surface area (Å²) in [4.78, 5) is 12.3. The van der Waals surface area contributed by atoms with Crippen LogP contribution in [0.3, 0.4) is 0 Å². The fraction of sp³-hybridized carbons (Fsp3) is 0.562. The van der Waals surface area contributed by atoms with Crippen molar-refractivity contribution in [2.45, 2.75) is 18.9 Å². The molecule has 0 radical (unpaired) electrons. The van der Waals surface area contributed by atoms with Crippen molar-refractivity contribution in [2.24, 2.45) is 0 Å². The number of hydrogen-bond donors (Lipinski definition) is 2. The van der Waals surface area contributed by atoms with Crippen molar-refractivity contribution < 1.29 is 14.3 Å². The molecular weight excluding hydrogens is 268 g/mol. The second kappa shape index (κ2) is 8.77. The molecule has 1 unspecified atom stereocenters. The Morgan fingerprint density at radius 1 is 1.33 bits per heavy atom. The normalized spacial score (nSPS) is 17.3. The summed E-state index contributed by atoms with van der Waals surface area (Å²) in [7, 11) is 1.65. The number of carbonyl (C=O) groups excluding carboxylic acids is 1. The second-order valence-corrected chi connectivity index (χ2v) is 5.13. The van der Waals surface area contributed by atoms with E-state index in [1.165, 1.54) is 5.56 Å². The summed E-state index contributed by atoms with van der Waals surface area (Å²) in [5.74, 6) is -0.00380. The zero-order chi connectivity index (χ0) is 14.9. The number of benzene rings is 1. The summed E-state index contributed by atoms with van der Waals surface area (Å²) in [6, 6.07) is 8.13. The molecule has 0 saturated heterocycles. The Morgan fingerprint density at radius 3 is 3.05 bits per heavy atom. The highest BCUT2D eigenvalue weighted by molar-refractivity contribution is 5.84. The third kappa shape index (κ3) is 4.81. The Balaban J connectivity index is 1.72. The Morgan fingerprint density at radius 2 is 2.19 bits per heavy atom. The Bertz CT molecular complexity index is 451. The van der Waals surface area contributed by atoms with Gasteiger partial charge in [0.25, 0.3) is 0 Å². The minimum absolute atomic E-state index is 0.0894. The van der Waals surface area contributed by atoms with Crippen LogP contribution in [0.4, 0.5) is 0 Å². The highest BCUT2D eigenvalue weighted by Crippen LogP contribution is 2.23. The van der Waals surface area contributed by atoms with Gasteiger partial charge in [-0.15, -0.1) is 0 Å². The number of methoxy groups -OCH3 is 1. The van der Waals surface area contributed by atoms with Crippen molar-refractivity contribution in [3.8, 4) is 0 Å². The summed E-state index contributed by atoms with van der Waals surface area (Å²) in [5.41, 5.74) is 2.36. The SMILES string of the molecule is COCCOCCCNC(=O)C1CNCc2ccccc21. The third-order valence-electron chi connectivity index (χ3n) is 3.61. The molecule has 5 heteroatoms. The molecule has 1 aliphatic heterocycles. The smallest absolute Gasteiger partial charge is 0.228 e. The van der Waals surface area contributed by atoms with E-state index in [0.29, 0.717) is 32.9 Å². The van der Waals surface area contributed by atoms with Crippen LogP contribution >= 0.6 is 0 Å². The van der Waals surface area contributed by atoms with E-state index in [9.17, 15) is 4.79 Å². The van der Waals surface area contributed by atoms with Gasteiger partial charge >= 0.3 is 0 Å². The zero-order valence-electron chi connectivity index (χ0n) is 12.6. The Hall–Kier alpha value is -1.43. The van der Waals surface area contributed by atoms with E-state index in [2.05, 4.69) is 16.7 Å². The molecule has 1 atom stereocenters. The molecule has 1 aliphatic rings. The molecule has 21 heavy (non-hydrogen) atoms. The number of nitrogens with one attached hydrogen (secondary N) is 2. The van der Waals surface area contributed by atoms with Gasteiger partial charge in [-0.05, 0) is 17.5 Å². The molecule has 1 aromatic rings. The average molecular weight is 292 g/mol. The molecule has 5 nitrogen and oxygen atoms in total. The molecule has 0 saturated carbocycles. The van der Waals surface area contributed by atoms with E-state index in [-0.39, 0.29) is 11.8 Å². The molecule has 1 heterocycles. The first kappa shape index (κ1) is 15.9. The predicted octanol–water partition coefficient (Wildman–Crippen LogP) is 1.04. The molecular formula is C16H24N2O3. The van der Waals surface area contributed by atoms with E-state index >= 15 is 0 Å². The lowest BCUT2D eigenvalue weighted by atomic mass is 9.90. The molecule has 0 bridgehead atoms. The number of carbonyl (C=O) groups is 1. The highest BCUT2D eigenvalue weighted by atomic mass is 16.5. The lowest BCUT2D eigenvalue weighted by Gasteiger charge is -2.25. The van der Waals surface area contributed by atoms with Crippen LogP contribution in [-0.2, 0) is 20.8 Å². The van der Waals surface area contributed by atoms with Crippen molar-refractivity contribution in [3.63, 3.8) is 0 Å². The Labute approximate surface area is 126 Å². The lowest BCUT2D eigenvalue weighted by molar-refractivity contribution is -0.122. The van der Waals surface area contributed by atoms with Crippen molar-refractivity contribution in [1.29, 1.82) is 0 Å². The van der Waals surface area contributed by atoms with Crippen molar-refractivity contribution in [2.75, 3.05) is 40.0 Å². The predicted molar refractivity (Wildman–Crippen MR) is 81.2 cm³/mol. The van der Waals surface area contributed by atoms with Crippen molar-refractivity contribution in [1.82, 2.24) is 10.6 Å². The number of hydrogen-bond acceptors (Lipinski definition) is 4. The molecule has 0 aromatic heterocycles. The van der Waals surface area contributed by atoms with E-state index in [1.807, 2.05) is 18.2 Å². The number of ether oxygens (including phenoxy) is 2. The van der Waals surface area contributed by atoms with Gasteiger partial charge in [-0.25, -0.2) is 0 Å². The quantitative estimate of drug-likeness (QED) is 0.703. The average Bonchev–Trinajstić information content (AvgIpc) is 2.53. The molecule has 1 aromatic carbocycles. The van der Waals surface area contributed by atoms with Gasteiger partial charge in [0.1, 0.15) is 0 Å². The van der Waals surface area contributed by atoms with Gasteiger partial charge in [0.05, 0.1) is 19.1 Å². The fourth-order valence-electron chi connectivity index (χ4n) is 2.48. The highest BCUT2D eigenvalue weighted by Gasteiger charge is 2.25. The minimum Gasteiger partial charge on any atom is -0.382 e. The van der Waals surface area contributed by atoms with Crippen LogP contribution in [0, 0.1) is 0 Å². The van der Waals surface area contributed by atoms with Crippen LogP contribution in [0.25, 0.3) is 0 Å². The van der Waals surface area contributed by atoms with Gasteiger partial charge in [0.2, 0.25) is 5.91 Å². The molecule has 2 rings (SSSR count). The van der Waals surface area contributed by atoms with Gasteiger partial charge in [0, 0.05) is 33.4 Å². The third-order valence-corrected chi connectivity index (χ3v) is 3.61. The Kier molecular flexibility index (Phi) is 6.66. The van der Waals surface area contributed by atoms with Crippen LogP contribution in [-0.4, -0.2) is 45.9 Å². The van der Waals surface area contributed by atoms with Crippen LogP contribution < -0.4 is 10.6 Å². The summed E-state index contributed by atoms with van der Waals surface area (Å²) in [6.07, 6.45) is 0.817. The van der Waals surface area contributed by atoms with Crippen molar-refractivity contribution in [3.05, 3.63) is 35.4 Å². The maximum Gasteiger partial charge on any atom is 0.228 e. The van der Waals surface area contributed by atoms with Gasteiger partial charge in [-0.2, -0.15) is 0 Å². The largest absolute Gasteiger partial charge is 0.382 e. The van der Waals surface area contributed by atoms with Crippen LogP contribution in [0.15, 0.2) is 24.3 Å². The summed E-state index contributed by atoms with van der Waals surface area (Å²) in [6.45, 7) is 4.04. The van der Waals surface area contributed by atoms with E-state index < -0.39 is 0 Å². The van der Waals surface area contributed by atoms with Crippen LogP contribution in [0.5, 0.6) is 0 Å². The summed E-state index contributed by atoms with van der Waals surface area (Å²) < 4.78 is 10.3. The van der Waals surface area contributed by atoms with Gasteiger partial charge in [-0.3, -0.25) is 4.79 Å². The van der Waals surface area contributed by atoms with Crippen LogP contribution in [0.1, 0.15) is 23.5 Å². The first-order valence-electron chi connectivity index (χ1n) is 7.46. The number of fused-ring (bicyclic) bond motifs is 1. The van der Waals surface area contributed by atoms with E-state index in [4.69, 9.17) is 9.47 Å². The molecule has 0 fully saturated rings. The van der Waals surface area contributed by atoms with E-state index in [1.54, 1.807) is 7.11 Å². The van der Waals surface area contributed by atoms with Gasteiger partial charge in [0.15, 0.2) is 0 Å². The fourth-order valence-corrected chi connectivity index (χ4v) is 2.48. The van der Waals surface area contributed by atoms with Crippen molar-refractivity contribution >= 4 is 5.91 Å². The second-order valence-electron chi connectivity index (χ2n) is 5.13. The van der Waals surface area contributed by atoms with E-state index in [0.717, 1.165) is 18.5 Å². The molecule has 1 amide bonds. The zero-order valence-corrected chi connectivity index (χ0v) is 12.6. The topological polar surface area (TPSA) is 59.6 Å². The molecule has 2 N–H and O–H groups in total. The lowest BCUT2D eigenvalue weighted by Crippen LogP contribution is -2.39. The first-order valence-corrected chi connectivity index (χ1v) is 7.46. The van der Waals surface area contributed by atoms with Crippen LogP contribution in [0.2, 0.25) is 0 Å². The monoisotopic (exact) mass is 292 g/mol. The van der Waals surface area contributed by atoms with Gasteiger partial charge < -0.3 is 20.1 Å². The number of amides is 1. The maximum atomic E-state index is 12.3. The molecule has 0 aliphatic carbocycles. The van der Waals surface area contributed by atoms with Gasteiger partial charge in [-0.1, -0.05) is 24.3 Å². The molecule has 116 valence electrons.